The number of para-hydroxylation sites is 1. The third kappa shape index (κ3) is 2.40. The van der Waals surface area contributed by atoms with Crippen LogP contribution in [0, 0.1) is 18.6 Å². The van der Waals surface area contributed by atoms with Crippen molar-refractivity contribution in [2.75, 3.05) is 0 Å². The van der Waals surface area contributed by atoms with E-state index in [0.717, 1.165) is 23.5 Å². The number of aromatic amines is 1. The van der Waals surface area contributed by atoms with Crippen LogP contribution in [0.25, 0.3) is 17.1 Å². The normalized spacial score (nSPS) is 10.9. The molecular formula is C18H19N3S. The Hall–Kier alpha value is -2.20. The van der Waals surface area contributed by atoms with Crippen molar-refractivity contribution in [1.82, 2.24) is 14.8 Å². The van der Waals surface area contributed by atoms with E-state index >= 15 is 0 Å². The van der Waals surface area contributed by atoms with Crippen LogP contribution in [0.15, 0.2) is 42.5 Å². The molecule has 0 aliphatic rings. The standard InChI is InChI=1S/C18H19N3S/c1-4-14-10-7-9-13(3)16(14)21-17(19-20-18(21)22)15-11-6-5-8-12(15)2/h5-11H,4H2,1-3H3,(H,20,22). The maximum atomic E-state index is 5.51. The predicted molar refractivity (Wildman–Crippen MR) is 93.0 cm³/mol. The van der Waals surface area contributed by atoms with Gasteiger partial charge >= 0.3 is 0 Å². The predicted octanol–water partition coefficient (Wildman–Crippen LogP) is 4.78. The second-order valence-electron chi connectivity index (χ2n) is 5.44. The fourth-order valence-electron chi connectivity index (χ4n) is 2.83. The fourth-order valence-corrected chi connectivity index (χ4v) is 3.06. The summed E-state index contributed by atoms with van der Waals surface area (Å²) >= 11 is 5.51. The van der Waals surface area contributed by atoms with E-state index in [4.69, 9.17) is 12.2 Å². The molecule has 0 saturated heterocycles. The van der Waals surface area contributed by atoms with Crippen molar-refractivity contribution in [3.05, 3.63) is 63.9 Å². The van der Waals surface area contributed by atoms with Gasteiger partial charge in [0, 0.05) is 5.56 Å². The van der Waals surface area contributed by atoms with Crippen molar-refractivity contribution < 1.29 is 0 Å². The molecular weight excluding hydrogens is 290 g/mol. The highest BCUT2D eigenvalue weighted by Crippen LogP contribution is 2.28. The first-order valence-electron chi connectivity index (χ1n) is 7.45. The zero-order valence-electron chi connectivity index (χ0n) is 13.1. The molecule has 22 heavy (non-hydrogen) atoms. The van der Waals surface area contributed by atoms with E-state index in [1.807, 2.05) is 12.1 Å². The highest BCUT2D eigenvalue weighted by molar-refractivity contribution is 7.71. The van der Waals surface area contributed by atoms with Gasteiger partial charge in [0.1, 0.15) is 0 Å². The van der Waals surface area contributed by atoms with Gasteiger partial charge in [-0.3, -0.25) is 9.67 Å². The Kier molecular flexibility index (Phi) is 3.94. The highest BCUT2D eigenvalue weighted by atomic mass is 32.1. The molecule has 0 atom stereocenters. The van der Waals surface area contributed by atoms with Crippen LogP contribution in [0.2, 0.25) is 0 Å². The van der Waals surface area contributed by atoms with E-state index in [2.05, 4.69) is 65.9 Å². The van der Waals surface area contributed by atoms with E-state index in [1.54, 1.807) is 0 Å². The molecule has 3 rings (SSSR count). The Morgan fingerprint density at radius 3 is 2.50 bits per heavy atom. The van der Waals surface area contributed by atoms with E-state index in [9.17, 15) is 0 Å². The first-order chi connectivity index (χ1) is 10.6. The topological polar surface area (TPSA) is 33.6 Å². The van der Waals surface area contributed by atoms with Crippen molar-refractivity contribution in [3.8, 4) is 17.1 Å². The lowest BCUT2D eigenvalue weighted by Crippen LogP contribution is -2.04. The van der Waals surface area contributed by atoms with Gasteiger partial charge < -0.3 is 0 Å². The summed E-state index contributed by atoms with van der Waals surface area (Å²) in [7, 11) is 0. The first-order valence-corrected chi connectivity index (χ1v) is 7.86. The lowest BCUT2D eigenvalue weighted by Gasteiger charge is -2.15. The summed E-state index contributed by atoms with van der Waals surface area (Å²) in [5.41, 5.74) is 5.89. The summed E-state index contributed by atoms with van der Waals surface area (Å²) in [4.78, 5) is 0. The summed E-state index contributed by atoms with van der Waals surface area (Å²) in [5.74, 6) is 0.868. The number of benzene rings is 2. The Morgan fingerprint density at radius 1 is 1.05 bits per heavy atom. The zero-order chi connectivity index (χ0) is 15.7. The summed E-state index contributed by atoms with van der Waals surface area (Å²) in [6.07, 6.45) is 0.956. The molecule has 0 unspecified atom stereocenters. The van der Waals surface area contributed by atoms with Gasteiger partial charge in [0.25, 0.3) is 0 Å². The number of nitrogens with one attached hydrogen (secondary N) is 1. The Labute approximate surface area is 135 Å². The van der Waals surface area contributed by atoms with Crippen molar-refractivity contribution in [3.63, 3.8) is 0 Å². The number of aryl methyl sites for hydroxylation is 3. The van der Waals surface area contributed by atoms with Crippen LogP contribution >= 0.6 is 12.2 Å². The molecule has 0 aliphatic heterocycles. The minimum atomic E-state index is 0.627. The molecule has 3 nitrogen and oxygen atoms in total. The van der Waals surface area contributed by atoms with Crippen LogP contribution < -0.4 is 0 Å². The van der Waals surface area contributed by atoms with Gasteiger partial charge in [-0.15, -0.1) is 0 Å². The summed E-state index contributed by atoms with van der Waals surface area (Å²) in [6, 6.07) is 14.6. The summed E-state index contributed by atoms with van der Waals surface area (Å²) < 4.78 is 2.69. The largest absolute Gasteiger partial charge is 0.268 e. The van der Waals surface area contributed by atoms with Crippen LogP contribution in [0.4, 0.5) is 0 Å². The Bertz CT molecular complexity index is 874. The molecule has 2 aromatic carbocycles. The van der Waals surface area contributed by atoms with E-state index in [-0.39, 0.29) is 0 Å². The molecule has 0 amide bonds. The minimum Gasteiger partial charge on any atom is -0.268 e. The molecule has 0 spiro atoms. The molecule has 1 aromatic heterocycles. The molecule has 0 aliphatic carbocycles. The molecule has 3 aromatic rings. The van der Waals surface area contributed by atoms with Crippen molar-refractivity contribution >= 4 is 12.2 Å². The quantitative estimate of drug-likeness (QED) is 0.707. The third-order valence-corrected chi connectivity index (χ3v) is 4.26. The number of hydrogen-bond donors (Lipinski definition) is 1. The van der Waals surface area contributed by atoms with Crippen LogP contribution in [0.5, 0.6) is 0 Å². The molecule has 1 N–H and O–H groups in total. The first kappa shape index (κ1) is 14.7. The van der Waals surface area contributed by atoms with Gasteiger partial charge in [-0.05, 0) is 49.2 Å². The number of H-pyrrole nitrogens is 1. The summed E-state index contributed by atoms with van der Waals surface area (Å²) in [6.45, 7) is 6.37. The van der Waals surface area contributed by atoms with Crippen LogP contribution in [0.1, 0.15) is 23.6 Å². The summed E-state index contributed by atoms with van der Waals surface area (Å²) in [5, 5.41) is 7.44. The van der Waals surface area contributed by atoms with Gasteiger partial charge in [0.05, 0.1) is 5.69 Å². The highest BCUT2D eigenvalue weighted by Gasteiger charge is 2.16. The smallest absolute Gasteiger partial charge is 0.200 e. The number of aromatic nitrogens is 3. The SMILES string of the molecule is CCc1cccc(C)c1-n1c(-c2ccccc2C)n[nH]c1=S. The van der Waals surface area contributed by atoms with Crippen molar-refractivity contribution in [2.45, 2.75) is 27.2 Å². The van der Waals surface area contributed by atoms with Crippen molar-refractivity contribution in [1.29, 1.82) is 0 Å². The van der Waals surface area contributed by atoms with Crippen LogP contribution in [-0.2, 0) is 6.42 Å². The molecule has 0 radical (unpaired) electrons. The molecule has 1 heterocycles. The molecule has 0 saturated carbocycles. The van der Waals surface area contributed by atoms with E-state index in [1.165, 1.54) is 16.7 Å². The maximum Gasteiger partial charge on any atom is 0.200 e. The van der Waals surface area contributed by atoms with E-state index < -0.39 is 0 Å². The average molecular weight is 309 g/mol. The van der Waals surface area contributed by atoms with Gasteiger partial charge in [0.15, 0.2) is 10.6 Å². The van der Waals surface area contributed by atoms with E-state index in [0.29, 0.717) is 4.77 Å². The molecule has 0 fully saturated rings. The third-order valence-electron chi connectivity index (χ3n) is 3.98. The Balaban J connectivity index is 2.33. The zero-order valence-corrected chi connectivity index (χ0v) is 13.9. The lowest BCUT2D eigenvalue weighted by molar-refractivity contribution is 0.977. The number of rotatable bonds is 3. The van der Waals surface area contributed by atoms with Gasteiger partial charge in [-0.1, -0.05) is 49.4 Å². The van der Waals surface area contributed by atoms with Gasteiger partial charge in [-0.25, -0.2) is 0 Å². The monoisotopic (exact) mass is 309 g/mol. The van der Waals surface area contributed by atoms with Gasteiger partial charge in [-0.2, -0.15) is 5.10 Å². The second kappa shape index (κ2) is 5.89. The van der Waals surface area contributed by atoms with Crippen LogP contribution in [0.3, 0.4) is 0 Å². The van der Waals surface area contributed by atoms with Crippen LogP contribution in [-0.4, -0.2) is 14.8 Å². The van der Waals surface area contributed by atoms with Gasteiger partial charge in [0.2, 0.25) is 0 Å². The number of nitrogens with zero attached hydrogens (tertiary/aromatic N) is 2. The maximum absolute atomic E-state index is 5.51. The molecule has 4 heteroatoms. The molecule has 0 bridgehead atoms. The minimum absolute atomic E-state index is 0.627. The number of hydrogen-bond acceptors (Lipinski definition) is 2. The fraction of sp³-hybridized carbons (Fsp3) is 0.222. The van der Waals surface area contributed by atoms with Crippen molar-refractivity contribution in [2.24, 2.45) is 0 Å². The molecule has 112 valence electrons. The second-order valence-corrected chi connectivity index (χ2v) is 5.83. The Morgan fingerprint density at radius 2 is 1.77 bits per heavy atom. The lowest BCUT2D eigenvalue weighted by atomic mass is 10.0. The average Bonchev–Trinajstić information content (AvgIpc) is 2.89.